The van der Waals surface area contributed by atoms with Crippen LogP contribution in [0.5, 0.6) is 0 Å². The minimum absolute atomic E-state index is 0.220. The first kappa shape index (κ1) is 13.2. The lowest BCUT2D eigenvalue weighted by Crippen LogP contribution is -2.50. The van der Waals surface area contributed by atoms with Gasteiger partial charge in [-0.2, -0.15) is 0 Å². The molecule has 7 heteroatoms. The van der Waals surface area contributed by atoms with Crippen LogP contribution in [0.25, 0.3) is 0 Å². The van der Waals surface area contributed by atoms with Gasteiger partial charge in [0.05, 0.1) is 19.0 Å². The molecule has 0 amide bonds. The molecule has 0 bridgehead atoms. The van der Waals surface area contributed by atoms with E-state index in [4.69, 9.17) is 4.74 Å². The lowest BCUT2D eigenvalue weighted by molar-refractivity contribution is 0.0271. The first-order valence-electron chi connectivity index (χ1n) is 6.19. The third-order valence-corrected chi connectivity index (χ3v) is 4.58. The Bertz CT molecular complexity index is 296. The Morgan fingerprint density at radius 3 is 2.76 bits per heavy atom. The van der Waals surface area contributed by atoms with Crippen LogP contribution < -0.4 is 10.1 Å². The van der Waals surface area contributed by atoms with E-state index >= 15 is 0 Å². The summed E-state index contributed by atoms with van der Waals surface area (Å²) in [4.78, 5) is 2.64. The van der Waals surface area contributed by atoms with Gasteiger partial charge in [-0.15, -0.1) is 4.83 Å². The van der Waals surface area contributed by atoms with Crippen molar-refractivity contribution in [3.05, 3.63) is 0 Å². The van der Waals surface area contributed by atoms with Gasteiger partial charge in [-0.1, -0.05) is 0 Å². The highest BCUT2D eigenvalue weighted by atomic mass is 32.2. The molecule has 2 fully saturated rings. The Morgan fingerprint density at radius 2 is 2.12 bits per heavy atom. The second-order valence-electron chi connectivity index (χ2n) is 4.68. The molecular formula is C10H21N3O3S. The van der Waals surface area contributed by atoms with Gasteiger partial charge < -0.3 is 10.1 Å². The van der Waals surface area contributed by atoms with Crippen molar-refractivity contribution in [2.75, 3.05) is 45.1 Å². The van der Waals surface area contributed by atoms with Crippen LogP contribution in [0.3, 0.4) is 0 Å². The number of nitrogens with one attached hydrogen (secondary N) is 2. The SMILES string of the molecule is O=S(=O)(CC1CCCNC1)NN1CCOCC1. The summed E-state index contributed by atoms with van der Waals surface area (Å²) < 4.78 is 29.1. The van der Waals surface area contributed by atoms with Crippen LogP contribution in [0.4, 0.5) is 0 Å². The van der Waals surface area contributed by atoms with Gasteiger partial charge in [-0.3, -0.25) is 0 Å². The van der Waals surface area contributed by atoms with Crippen LogP contribution in [-0.4, -0.2) is 58.6 Å². The molecule has 17 heavy (non-hydrogen) atoms. The van der Waals surface area contributed by atoms with E-state index in [1.54, 1.807) is 5.01 Å². The number of ether oxygens (including phenoxy) is 1. The van der Waals surface area contributed by atoms with E-state index in [1.165, 1.54) is 0 Å². The Balaban J connectivity index is 1.80. The van der Waals surface area contributed by atoms with Crippen molar-refractivity contribution in [2.45, 2.75) is 12.8 Å². The van der Waals surface area contributed by atoms with Gasteiger partial charge in [0.2, 0.25) is 10.0 Å². The summed E-state index contributed by atoms with van der Waals surface area (Å²) in [7, 11) is -3.20. The van der Waals surface area contributed by atoms with Crippen molar-refractivity contribution in [2.24, 2.45) is 5.92 Å². The molecule has 2 N–H and O–H groups in total. The predicted molar refractivity (Wildman–Crippen MR) is 64.9 cm³/mol. The van der Waals surface area contributed by atoms with E-state index in [1.807, 2.05) is 0 Å². The first-order valence-corrected chi connectivity index (χ1v) is 7.84. The van der Waals surface area contributed by atoms with Gasteiger partial charge in [0.15, 0.2) is 0 Å². The summed E-state index contributed by atoms with van der Waals surface area (Å²) in [6.45, 7) is 4.25. The molecule has 1 unspecified atom stereocenters. The molecule has 0 aromatic carbocycles. The molecule has 6 nitrogen and oxygen atoms in total. The summed E-state index contributed by atoms with van der Waals surface area (Å²) in [6.07, 6.45) is 2.06. The third kappa shape index (κ3) is 4.51. The third-order valence-electron chi connectivity index (χ3n) is 3.13. The first-order chi connectivity index (χ1) is 8.16. The Hall–Kier alpha value is -0.210. The molecule has 2 heterocycles. The topological polar surface area (TPSA) is 70.7 Å². The van der Waals surface area contributed by atoms with E-state index in [0.717, 1.165) is 25.9 Å². The fourth-order valence-electron chi connectivity index (χ4n) is 2.27. The number of hydrogen-bond acceptors (Lipinski definition) is 5. The predicted octanol–water partition coefficient (Wildman–Crippen LogP) is -0.847. The quantitative estimate of drug-likeness (QED) is 0.691. The van der Waals surface area contributed by atoms with Crippen LogP contribution in [0.1, 0.15) is 12.8 Å². The highest BCUT2D eigenvalue weighted by Gasteiger charge is 2.23. The Morgan fingerprint density at radius 1 is 1.35 bits per heavy atom. The molecule has 2 saturated heterocycles. The van der Waals surface area contributed by atoms with Crippen molar-refractivity contribution in [3.63, 3.8) is 0 Å². The number of hydrazine groups is 1. The maximum Gasteiger partial charge on any atom is 0.224 e. The molecule has 0 aromatic rings. The van der Waals surface area contributed by atoms with Gasteiger partial charge >= 0.3 is 0 Å². The minimum atomic E-state index is -3.20. The van der Waals surface area contributed by atoms with Gasteiger partial charge in [0.1, 0.15) is 0 Å². The van der Waals surface area contributed by atoms with Crippen LogP contribution in [0, 0.1) is 5.92 Å². The summed E-state index contributed by atoms with van der Waals surface area (Å²) in [5.74, 6) is 0.458. The minimum Gasteiger partial charge on any atom is -0.379 e. The zero-order valence-corrected chi connectivity index (χ0v) is 10.8. The number of hydrogen-bond donors (Lipinski definition) is 2. The van der Waals surface area contributed by atoms with Crippen LogP contribution >= 0.6 is 0 Å². The molecular weight excluding hydrogens is 242 g/mol. The average molecular weight is 263 g/mol. The second kappa shape index (κ2) is 6.10. The van der Waals surface area contributed by atoms with E-state index in [9.17, 15) is 8.42 Å². The Kier molecular flexibility index (Phi) is 4.75. The van der Waals surface area contributed by atoms with Crippen molar-refractivity contribution >= 4 is 10.0 Å². The van der Waals surface area contributed by atoms with E-state index in [-0.39, 0.29) is 11.7 Å². The highest BCUT2D eigenvalue weighted by Crippen LogP contribution is 2.12. The number of piperidine rings is 1. The maximum atomic E-state index is 11.9. The molecule has 2 rings (SSSR count). The molecule has 0 aliphatic carbocycles. The smallest absolute Gasteiger partial charge is 0.224 e. The number of sulfonamides is 1. The zero-order valence-electron chi connectivity index (χ0n) is 10.0. The molecule has 0 spiro atoms. The molecule has 2 aliphatic heterocycles. The molecule has 1 atom stereocenters. The van der Waals surface area contributed by atoms with Crippen LogP contribution in [0.15, 0.2) is 0 Å². The van der Waals surface area contributed by atoms with Crippen molar-refractivity contribution < 1.29 is 13.2 Å². The molecule has 2 aliphatic rings. The second-order valence-corrected chi connectivity index (χ2v) is 6.43. The molecule has 0 saturated carbocycles. The van der Waals surface area contributed by atoms with E-state index in [0.29, 0.717) is 26.3 Å². The van der Waals surface area contributed by atoms with Crippen molar-refractivity contribution in [1.29, 1.82) is 0 Å². The molecule has 0 radical (unpaired) electrons. The van der Waals surface area contributed by atoms with Crippen molar-refractivity contribution in [1.82, 2.24) is 15.2 Å². The highest BCUT2D eigenvalue weighted by molar-refractivity contribution is 7.89. The monoisotopic (exact) mass is 263 g/mol. The van der Waals surface area contributed by atoms with Gasteiger partial charge in [0, 0.05) is 13.1 Å². The van der Waals surface area contributed by atoms with Gasteiger partial charge in [-0.05, 0) is 31.8 Å². The standard InChI is InChI=1S/C10H21N3O3S/c14-17(15,9-10-2-1-3-11-8-10)12-13-4-6-16-7-5-13/h10-12H,1-9H2. The number of nitrogens with zero attached hydrogens (tertiary/aromatic N) is 1. The van der Waals surface area contributed by atoms with E-state index in [2.05, 4.69) is 10.1 Å². The van der Waals surface area contributed by atoms with Gasteiger partial charge in [-0.25, -0.2) is 13.4 Å². The fourth-order valence-corrected chi connectivity index (χ4v) is 3.82. The van der Waals surface area contributed by atoms with Crippen LogP contribution in [-0.2, 0) is 14.8 Å². The normalized spacial score (nSPS) is 28.1. The summed E-state index contributed by atoms with van der Waals surface area (Å²) >= 11 is 0. The molecule has 0 aromatic heterocycles. The Labute approximate surface area is 103 Å². The maximum absolute atomic E-state index is 11.9. The summed E-state index contributed by atoms with van der Waals surface area (Å²) in [5, 5.41) is 4.97. The van der Waals surface area contributed by atoms with Gasteiger partial charge in [0.25, 0.3) is 0 Å². The largest absolute Gasteiger partial charge is 0.379 e. The summed E-state index contributed by atoms with van der Waals surface area (Å²) in [6, 6.07) is 0. The van der Waals surface area contributed by atoms with Crippen molar-refractivity contribution in [3.8, 4) is 0 Å². The lowest BCUT2D eigenvalue weighted by atomic mass is 10.0. The molecule has 100 valence electrons. The van der Waals surface area contributed by atoms with Crippen LogP contribution in [0.2, 0.25) is 0 Å². The average Bonchev–Trinajstić information content (AvgIpc) is 2.30. The number of rotatable bonds is 4. The fraction of sp³-hybridized carbons (Fsp3) is 1.00. The number of morpholine rings is 1. The summed E-state index contributed by atoms with van der Waals surface area (Å²) in [5.41, 5.74) is 0. The lowest BCUT2D eigenvalue weighted by Gasteiger charge is -2.28. The zero-order chi connectivity index (χ0) is 12.1. The van der Waals surface area contributed by atoms with E-state index < -0.39 is 10.0 Å².